The van der Waals surface area contributed by atoms with E-state index in [-0.39, 0.29) is 11.7 Å². The smallest absolute Gasteiger partial charge is 0.251 e. The average molecular weight is 290 g/mol. The van der Waals surface area contributed by atoms with Crippen LogP contribution >= 0.6 is 0 Å². The number of aromatic nitrogens is 2. The first kappa shape index (κ1) is 12.7. The number of nitrogens with zero attached hydrogens (tertiary/aromatic N) is 2. The van der Waals surface area contributed by atoms with Crippen LogP contribution in [0.15, 0.2) is 71.1 Å². The summed E-state index contributed by atoms with van der Waals surface area (Å²) in [7, 11) is 0. The molecular weight excluding hydrogens is 279 g/mol. The normalized spacial score (nSPS) is 11.0. The standard InChI is InChI=1S/C18H11FN2O/c19-16-8-4-3-7-15(16)18-21-20-17(22-18)14-10-9-12-5-1-2-6-13(12)11-14/h1-11H. The summed E-state index contributed by atoms with van der Waals surface area (Å²) < 4.78 is 19.4. The van der Waals surface area contributed by atoms with E-state index in [2.05, 4.69) is 10.2 Å². The third-order valence-corrected chi connectivity index (χ3v) is 3.53. The van der Waals surface area contributed by atoms with Crippen LogP contribution in [0.25, 0.3) is 33.7 Å². The fraction of sp³-hybridized carbons (Fsp3) is 0. The van der Waals surface area contributed by atoms with Gasteiger partial charge in [0, 0.05) is 5.56 Å². The summed E-state index contributed by atoms with van der Waals surface area (Å²) >= 11 is 0. The van der Waals surface area contributed by atoms with Crippen LogP contribution < -0.4 is 0 Å². The van der Waals surface area contributed by atoms with Crippen molar-refractivity contribution in [2.24, 2.45) is 0 Å². The molecule has 0 aliphatic heterocycles. The van der Waals surface area contributed by atoms with Gasteiger partial charge in [0.15, 0.2) is 0 Å². The van der Waals surface area contributed by atoms with Crippen LogP contribution in [0.3, 0.4) is 0 Å². The van der Waals surface area contributed by atoms with Crippen molar-refractivity contribution in [1.29, 1.82) is 0 Å². The lowest BCUT2D eigenvalue weighted by Crippen LogP contribution is -1.82. The number of fused-ring (bicyclic) bond motifs is 1. The minimum atomic E-state index is -0.379. The Hall–Kier alpha value is -3.01. The van der Waals surface area contributed by atoms with E-state index < -0.39 is 0 Å². The fourth-order valence-corrected chi connectivity index (χ4v) is 2.41. The molecule has 1 aromatic heterocycles. The molecule has 106 valence electrons. The van der Waals surface area contributed by atoms with Gasteiger partial charge in [-0.05, 0) is 35.0 Å². The first-order chi connectivity index (χ1) is 10.8. The summed E-state index contributed by atoms with van der Waals surface area (Å²) in [6.45, 7) is 0. The Morgan fingerprint density at radius 3 is 2.32 bits per heavy atom. The van der Waals surface area contributed by atoms with Crippen molar-refractivity contribution in [2.45, 2.75) is 0 Å². The van der Waals surface area contributed by atoms with E-state index in [1.165, 1.54) is 6.07 Å². The van der Waals surface area contributed by atoms with Gasteiger partial charge in [0.2, 0.25) is 5.89 Å². The minimum absolute atomic E-state index is 0.182. The second-order valence-electron chi connectivity index (χ2n) is 4.95. The molecule has 0 atom stereocenters. The number of hydrogen-bond donors (Lipinski definition) is 0. The van der Waals surface area contributed by atoms with Gasteiger partial charge in [-0.2, -0.15) is 0 Å². The largest absolute Gasteiger partial charge is 0.416 e. The van der Waals surface area contributed by atoms with Crippen molar-refractivity contribution in [2.75, 3.05) is 0 Å². The number of rotatable bonds is 2. The van der Waals surface area contributed by atoms with Crippen LogP contribution in [0.1, 0.15) is 0 Å². The topological polar surface area (TPSA) is 38.9 Å². The number of benzene rings is 3. The highest BCUT2D eigenvalue weighted by Gasteiger charge is 2.13. The first-order valence-corrected chi connectivity index (χ1v) is 6.89. The third-order valence-electron chi connectivity index (χ3n) is 3.53. The molecule has 0 bridgehead atoms. The van der Waals surface area contributed by atoms with E-state index in [0.717, 1.165) is 16.3 Å². The van der Waals surface area contributed by atoms with Crippen LogP contribution in [0.5, 0.6) is 0 Å². The van der Waals surface area contributed by atoms with Crippen molar-refractivity contribution in [3.05, 3.63) is 72.5 Å². The van der Waals surface area contributed by atoms with E-state index in [0.29, 0.717) is 11.5 Å². The molecule has 0 fully saturated rings. The van der Waals surface area contributed by atoms with Crippen molar-refractivity contribution in [1.82, 2.24) is 10.2 Å². The van der Waals surface area contributed by atoms with E-state index in [4.69, 9.17) is 4.42 Å². The molecule has 0 radical (unpaired) electrons. The van der Waals surface area contributed by atoms with Gasteiger partial charge in [-0.15, -0.1) is 10.2 Å². The Kier molecular flexibility index (Phi) is 2.93. The Morgan fingerprint density at radius 1 is 0.727 bits per heavy atom. The Morgan fingerprint density at radius 2 is 1.45 bits per heavy atom. The highest BCUT2D eigenvalue weighted by atomic mass is 19.1. The van der Waals surface area contributed by atoms with Crippen molar-refractivity contribution in [3.8, 4) is 22.9 Å². The van der Waals surface area contributed by atoms with Crippen LogP contribution in [-0.4, -0.2) is 10.2 Å². The molecule has 0 unspecified atom stereocenters. The molecule has 4 aromatic rings. The molecule has 0 saturated heterocycles. The zero-order valence-corrected chi connectivity index (χ0v) is 11.5. The van der Waals surface area contributed by atoms with E-state index in [1.54, 1.807) is 18.2 Å². The zero-order valence-electron chi connectivity index (χ0n) is 11.5. The Bertz CT molecular complexity index is 962. The molecule has 0 aliphatic rings. The fourth-order valence-electron chi connectivity index (χ4n) is 2.41. The SMILES string of the molecule is Fc1ccccc1-c1nnc(-c2ccc3ccccc3c2)o1. The van der Waals surface area contributed by atoms with E-state index >= 15 is 0 Å². The first-order valence-electron chi connectivity index (χ1n) is 6.89. The molecule has 4 rings (SSSR count). The predicted molar refractivity (Wildman–Crippen MR) is 82.6 cm³/mol. The average Bonchev–Trinajstić information content (AvgIpc) is 3.04. The van der Waals surface area contributed by atoms with Gasteiger partial charge in [-0.1, -0.05) is 42.5 Å². The number of hydrogen-bond acceptors (Lipinski definition) is 3. The second-order valence-corrected chi connectivity index (χ2v) is 4.95. The lowest BCUT2D eigenvalue weighted by Gasteiger charge is -1.99. The van der Waals surface area contributed by atoms with Gasteiger partial charge < -0.3 is 4.42 Å². The summed E-state index contributed by atoms with van der Waals surface area (Å²) in [5.74, 6) is 0.182. The molecule has 0 aliphatic carbocycles. The monoisotopic (exact) mass is 290 g/mol. The molecular formula is C18H11FN2O. The number of halogens is 1. The summed E-state index contributed by atoms with van der Waals surface area (Å²) in [5.41, 5.74) is 1.12. The molecule has 0 N–H and O–H groups in total. The minimum Gasteiger partial charge on any atom is -0.416 e. The lowest BCUT2D eigenvalue weighted by atomic mass is 10.1. The zero-order chi connectivity index (χ0) is 14.9. The molecule has 0 spiro atoms. The van der Waals surface area contributed by atoms with Crippen LogP contribution in [-0.2, 0) is 0 Å². The quantitative estimate of drug-likeness (QED) is 0.537. The third kappa shape index (κ3) is 2.15. The molecule has 3 nitrogen and oxygen atoms in total. The van der Waals surface area contributed by atoms with Gasteiger partial charge in [0.05, 0.1) is 5.56 Å². The summed E-state index contributed by atoms with van der Waals surface area (Å²) in [5, 5.41) is 10.2. The van der Waals surface area contributed by atoms with E-state index in [1.807, 2.05) is 42.5 Å². The molecule has 1 heterocycles. The highest BCUT2D eigenvalue weighted by molar-refractivity contribution is 5.86. The molecule has 3 aromatic carbocycles. The van der Waals surface area contributed by atoms with Gasteiger partial charge in [-0.25, -0.2) is 4.39 Å². The van der Waals surface area contributed by atoms with Crippen molar-refractivity contribution in [3.63, 3.8) is 0 Å². The maximum absolute atomic E-state index is 13.8. The lowest BCUT2D eigenvalue weighted by molar-refractivity contribution is 0.571. The van der Waals surface area contributed by atoms with Crippen molar-refractivity contribution < 1.29 is 8.81 Å². The van der Waals surface area contributed by atoms with Crippen LogP contribution in [0.2, 0.25) is 0 Å². The Balaban J connectivity index is 1.78. The van der Waals surface area contributed by atoms with Gasteiger partial charge in [0.25, 0.3) is 5.89 Å². The predicted octanol–water partition coefficient (Wildman–Crippen LogP) is 4.70. The van der Waals surface area contributed by atoms with Gasteiger partial charge in [0.1, 0.15) is 5.82 Å². The molecule has 0 saturated carbocycles. The maximum atomic E-state index is 13.8. The van der Waals surface area contributed by atoms with Crippen LogP contribution in [0, 0.1) is 5.82 Å². The molecule has 4 heteroatoms. The van der Waals surface area contributed by atoms with E-state index in [9.17, 15) is 4.39 Å². The van der Waals surface area contributed by atoms with Crippen molar-refractivity contribution >= 4 is 10.8 Å². The van der Waals surface area contributed by atoms with Gasteiger partial charge >= 0.3 is 0 Å². The summed E-state index contributed by atoms with van der Waals surface area (Å²) in [6.07, 6.45) is 0. The summed E-state index contributed by atoms with van der Waals surface area (Å²) in [6, 6.07) is 20.3. The van der Waals surface area contributed by atoms with Crippen LogP contribution in [0.4, 0.5) is 4.39 Å². The van der Waals surface area contributed by atoms with Gasteiger partial charge in [-0.3, -0.25) is 0 Å². The molecule has 22 heavy (non-hydrogen) atoms. The highest BCUT2D eigenvalue weighted by Crippen LogP contribution is 2.27. The molecule has 0 amide bonds. The maximum Gasteiger partial charge on any atom is 0.251 e. The Labute approximate surface area is 126 Å². The second kappa shape index (κ2) is 5.07. The summed E-state index contributed by atoms with van der Waals surface area (Å²) in [4.78, 5) is 0.